The van der Waals surface area contributed by atoms with E-state index in [1.54, 1.807) is 7.11 Å². The predicted octanol–water partition coefficient (Wildman–Crippen LogP) is 4.53. The third kappa shape index (κ3) is 5.25. The first-order chi connectivity index (χ1) is 7.36. The fourth-order valence-electron chi connectivity index (χ4n) is 2.54. The average Bonchev–Trinajstić information content (AvgIpc) is 2.28. The topological polar surface area (TPSA) is 9.23 Å². The van der Waals surface area contributed by atoms with E-state index in [-0.39, 0.29) is 0 Å². The zero-order valence-corrected chi connectivity index (χ0v) is 10.4. The van der Waals surface area contributed by atoms with Gasteiger partial charge in [-0.1, -0.05) is 32.6 Å². The lowest BCUT2D eigenvalue weighted by atomic mass is 9.80. The molecule has 0 aromatic heterocycles. The van der Waals surface area contributed by atoms with Gasteiger partial charge in [0.05, 0.1) is 13.4 Å². The summed E-state index contributed by atoms with van der Waals surface area (Å²) in [6.07, 6.45) is 15.4. The number of allylic oxidation sites excluding steroid dienone is 1. The molecule has 0 unspecified atom stereocenters. The lowest BCUT2D eigenvalue weighted by molar-refractivity contribution is 0.280. The van der Waals surface area contributed by atoms with Gasteiger partial charge in [0.25, 0.3) is 0 Å². The van der Waals surface area contributed by atoms with E-state index in [0.29, 0.717) is 0 Å². The van der Waals surface area contributed by atoms with Gasteiger partial charge in [0, 0.05) is 0 Å². The van der Waals surface area contributed by atoms with Crippen molar-refractivity contribution in [1.29, 1.82) is 0 Å². The Morgan fingerprint density at radius 3 is 2.47 bits per heavy atom. The molecule has 1 rings (SSSR count). The molecule has 0 aromatic carbocycles. The number of hydrogen-bond donors (Lipinski definition) is 0. The van der Waals surface area contributed by atoms with Crippen LogP contribution in [0.5, 0.6) is 0 Å². The van der Waals surface area contributed by atoms with E-state index in [1.165, 1.54) is 51.4 Å². The molecular formula is C14H26O. The average molecular weight is 210 g/mol. The summed E-state index contributed by atoms with van der Waals surface area (Å²) in [6.45, 7) is 2.28. The van der Waals surface area contributed by atoms with Crippen LogP contribution in [0.15, 0.2) is 12.3 Å². The summed E-state index contributed by atoms with van der Waals surface area (Å²) >= 11 is 0. The summed E-state index contributed by atoms with van der Waals surface area (Å²) in [7, 11) is 1.73. The Labute approximate surface area is 94.9 Å². The largest absolute Gasteiger partial charge is 0.505 e. The molecule has 88 valence electrons. The SMILES string of the molecule is CCCCC[C@H]1CC[C@H](C=COC)CC1. The highest BCUT2D eigenvalue weighted by Gasteiger charge is 2.18. The molecule has 0 spiro atoms. The molecule has 1 aliphatic carbocycles. The maximum Gasteiger partial charge on any atom is 0.0787 e. The molecule has 0 radical (unpaired) electrons. The molecule has 1 nitrogen and oxygen atoms in total. The van der Waals surface area contributed by atoms with Crippen LogP contribution in [0.1, 0.15) is 58.3 Å². The van der Waals surface area contributed by atoms with Gasteiger partial charge < -0.3 is 4.74 Å². The van der Waals surface area contributed by atoms with Gasteiger partial charge in [-0.2, -0.15) is 0 Å². The van der Waals surface area contributed by atoms with Gasteiger partial charge in [-0.05, 0) is 43.6 Å². The van der Waals surface area contributed by atoms with Crippen molar-refractivity contribution >= 4 is 0 Å². The van der Waals surface area contributed by atoms with E-state index in [0.717, 1.165) is 11.8 Å². The molecule has 15 heavy (non-hydrogen) atoms. The van der Waals surface area contributed by atoms with E-state index >= 15 is 0 Å². The van der Waals surface area contributed by atoms with Crippen molar-refractivity contribution in [3.63, 3.8) is 0 Å². The first-order valence-corrected chi connectivity index (χ1v) is 6.56. The summed E-state index contributed by atoms with van der Waals surface area (Å²) < 4.78 is 4.97. The number of methoxy groups -OCH3 is 1. The van der Waals surface area contributed by atoms with Crippen LogP contribution >= 0.6 is 0 Å². The zero-order chi connectivity index (χ0) is 10.9. The van der Waals surface area contributed by atoms with Gasteiger partial charge in [-0.25, -0.2) is 0 Å². The Morgan fingerprint density at radius 1 is 1.13 bits per heavy atom. The Morgan fingerprint density at radius 2 is 1.87 bits per heavy atom. The quantitative estimate of drug-likeness (QED) is 0.462. The highest BCUT2D eigenvalue weighted by atomic mass is 16.5. The Bertz CT molecular complexity index is 166. The van der Waals surface area contributed by atoms with Crippen LogP contribution in [0.4, 0.5) is 0 Å². The number of rotatable bonds is 6. The fraction of sp³-hybridized carbons (Fsp3) is 0.857. The number of hydrogen-bond acceptors (Lipinski definition) is 1. The molecule has 0 heterocycles. The maximum absolute atomic E-state index is 4.97. The molecule has 0 aliphatic heterocycles. The van der Waals surface area contributed by atoms with Gasteiger partial charge in [0.2, 0.25) is 0 Å². The smallest absolute Gasteiger partial charge is 0.0787 e. The van der Waals surface area contributed by atoms with Gasteiger partial charge in [-0.3, -0.25) is 0 Å². The van der Waals surface area contributed by atoms with Crippen LogP contribution in [0.25, 0.3) is 0 Å². The summed E-state index contributed by atoms with van der Waals surface area (Å²) in [4.78, 5) is 0. The van der Waals surface area contributed by atoms with Crippen molar-refractivity contribution in [2.75, 3.05) is 7.11 Å². The standard InChI is InChI=1S/C14H26O/c1-3-4-5-6-13-7-9-14(10-8-13)11-12-15-2/h11-14H,3-10H2,1-2H3/t13-,14-. The number of ether oxygens (including phenoxy) is 1. The monoisotopic (exact) mass is 210 g/mol. The molecule has 0 N–H and O–H groups in total. The van der Waals surface area contributed by atoms with Crippen LogP contribution in [-0.4, -0.2) is 7.11 Å². The molecule has 0 saturated heterocycles. The minimum atomic E-state index is 0.785. The van der Waals surface area contributed by atoms with Gasteiger partial charge in [0.1, 0.15) is 0 Å². The third-order valence-electron chi connectivity index (χ3n) is 3.59. The highest BCUT2D eigenvalue weighted by molar-refractivity contribution is 4.86. The first kappa shape index (κ1) is 12.6. The van der Waals surface area contributed by atoms with Crippen molar-refractivity contribution in [3.05, 3.63) is 12.3 Å². The lowest BCUT2D eigenvalue weighted by Gasteiger charge is -2.26. The van der Waals surface area contributed by atoms with Crippen molar-refractivity contribution in [1.82, 2.24) is 0 Å². The predicted molar refractivity (Wildman–Crippen MR) is 65.7 cm³/mol. The first-order valence-electron chi connectivity index (χ1n) is 6.56. The Kier molecular flexibility index (Phi) is 6.54. The lowest BCUT2D eigenvalue weighted by Crippen LogP contribution is -2.13. The van der Waals surface area contributed by atoms with Crippen molar-refractivity contribution in [2.45, 2.75) is 58.3 Å². The molecule has 1 saturated carbocycles. The number of unbranched alkanes of at least 4 members (excludes halogenated alkanes) is 2. The fourth-order valence-corrected chi connectivity index (χ4v) is 2.54. The second-order valence-electron chi connectivity index (χ2n) is 4.84. The molecule has 0 bridgehead atoms. The van der Waals surface area contributed by atoms with Crippen LogP contribution in [0.3, 0.4) is 0 Å². The Balaban J connectivity index is 2.09. The summed E-state index contributed by atoms with van der Waals surface area (Å²) in [5.41, 5.74) is 0. The molecule has 0 amide bonds. The summed E-state index contributed by atoms with van der Waals surface area (Å²) in [5, 5.41) is 0. The molecule has 0 atom stereocenters. The van der Waals surface area contributed by atoms with Crippen LogP contribution in [0, 0.1) is 11.8 Å². The van der Waals surface area contributed by atoms with Crippen LogP contribution < -0.4 is 0 Å². The molecular weight excluding hydrogens is 184 g/mol. The molecule has 1 aliphatic rings. The second-order valence-corrected chi connectivity index (χ2v) is 4.84. The van der Waals surface area contributed by atoms with Gasteiger partial charge in [0.15, 0.2) is 0 Å². The van der Waals surface area contributed by atoms with Gasteiger partial charge in [-0.15, -0.1) is 0 Å². The minimum Gasteiger partial charge on any atom is -0.505 e. The summed E-state index contributed by atoms with van der Waals surface area (Å²) in [6, 6.07) is 0. The highest BCUT2D eigenvalue weighted by Crippen LogP contribution is 2.32. The van der Waals surface area contributed by atoms with E-state index < -0.39 is 0 Å². The van der Waals surface area contributed by atoms with Crippen molar-refractivity contribution in [2.24, 2.45) is 11.8 Å². The second kappa shape index (κ2) is 7.78. The maximum atomic E-state index is 4.97. The molecule has 0 aromatic rings. The van der Waals surface area contributed by atoms with E-state index in [4.69, 9.17) is 4.74 Å². The van der Waals surface area contributed by atoms with Crippen molar-refractivity contribution in [3.8, 4) is 0 Å². The van der Waals surface area contributed by atoms with Crippen molar-refractivity contribution < 1.29 is 4.74 Å². The normalized spacial score (nSPS) is 27.1. The van der Waals surface area contributed by atoms with Crippen LogP contribution in [-0.2, 0) is 4.74 Å². The van der Waals surface area contributed by atoms with E-state index in [2.05, 4.69) is 13.0 Å². The van der Waals surface area contributed by atoms with E-state index in [1.807, 2.05) is 6.26 Å². The van der Waals surface area contributed by atoms with Crippen LogP contribution in [0.2, 0.25) is 0 Å². The third-order valence-corrected chi connectivity index (χ3v) is 3.59. The molecule has 1 heteroatoms. The summed E-state index contributed by atoms with van der Waals surface area (Å²) in [5.74, 6) is 1.80. The Hall–Kier alpha value is -0.460. The molecule has 1 fully saturated rings. The van der Waals surface area contributed by atoms with E-state index in [9.17, 15) is 0 Å². The van der Waals surface area contributed by atoms with Gasteiger partial charge >= 0.3 is 0 Å². The minimum absolute atomic E-state index is 0.785. The zero-order valence-electron chi connectivity index (χ0n) is 10.4.